The molecule has 0 bridgehead atoms. The summed E-state index contributed by atoms with van der Waals surface area (Å²) in [6.45, 7) is 8.96. The van der Waals surface area contributed by atoms with Gasteiger partial charge in [-0.15, -0.1) is 11.3 Å². The number of amides is 1. The molecule has 0 spiro atoms. The second-order valence-electron chi connectivity index (χ2n) is 7.53. The fraction of sp³-hybridized carbons (Fsp3) is 0.348. The maximum Gasteiger partial charge on any atom is 0.254 e. The third-order valence-corrected chi connectivity index (χ3v) is 6.70. The molecule has 0 aliphatic carbocycles. The van der Waals surface area contributed by atoms with Crippen LogP contribution in [0, 0.1) is 20.8 Å². The summed E-state index contributed by atoms with van der Waals surface area (Å²) in [4.78, 5) is 27.6. The number of aryl methyl sites for hydroxylation is 3. The van der Waals surface area contributed by atoms with Crippen LogP contribution in [0.3, 0.4) is 0 Å². The Morgan fingerprint density at radius 2 is 1.83 bits per heavy atom. The number of methoxy groups -OCH3 is 1. The Labute approximate surface area is 181 Å². The molecule has 2 aromatic heterocycles. The number of rotatable bonds is 4. The lowest BCUT2D eigenvalue weighted by molar-refractivity contribution is 0.0745. The molecule has 0 N–H and O–H groups in total. The monoisotopic (exact) mass is 422 g/mol. The first-order chi connectivity index (χ1) is 14.5. The van der Waals surface area contributed by atoms with E-state index in [9.17, 15) is 4.79 Å². The van der Waals surface area contributed by atoms with Gasteiger partial charge in [0, 0.05) is 48.4 Å². The van der Waals surface area contributed by atoms with Crippen LogP contribution >= 0.6 is 11.3 Å². The highest BCUT2D eigenvalue weighted by molar-refractivity contribution is 7.15. The molecule has 3 heterocycles. The van der Waals surface area contributed by atoms with Gasteiger partial charge in [0.25, 0.3) is 5.91 Å². The van der Waals surface area contributed by atoms with Gasteiger partial charge in [-0.25, -0.2) is 9.97 Å². The zero-order chi connectivity index (χ0) is 21.3. The van der Waals surface area contributed by atoms with E-state index in [1.807, 2.05) is 49.2 Å². The van der Waals surface area contributed by atoms with E-state index >= 15 is 0 Å². The summed E-state index contributed by atoms with van der Waals surface area (Å²) < 4.78 is 5.24. The van der Waals surface area contributed by atoms with E-state index in [2.05, 4.69) is 27.9 Å². The van der Waals surface area contributed by atoms with Gasteiger partial charge >= 0.3 is 0 Å². The van der Waals surface area contributed by atoms with E-state index in [0.29, 0.717) is 13.1 Å². The van der Waals surface area contributed by atoms with E-state index < -0.39 is 0 Å². The Morgan fingerprint density at radius 1 is 1.07 bits per heavy atom. The number of anilines is 1. The molecule has 1 aromatic carbocycles. The lowest BCUT2D eigenvalue weighted by atomic mass is 10.1. The topological polar surface area (TPSA) is 58.6 Å². The molecule has 1 amide bonds. The maximum absolute atomic E-state index is 12.9. The molecule has 30 heavy (non-hydrogen) atoms. The van der Waals surface area contributed by atoms with Gasteiger partial charge in [-0.1, -0.05) is 0 Å². The summed E-state index contributed by atoms with van der Waals surface area (Å²) in [5.74, 6) is 1.79. The summed E-state index contributed by atoms with van der Waals surface area (Å²) in [6.07, 6.45) is 1.89. The Hall–Kier alpha value is -2.93. The fourth-order valence-corrected chi connectivity index (χ4v) is 4.51. The van der Waals surface area contributed by atoms with E-state index in [-0.39, 0.29) is 5.91 Å². The summed E-state index contributed by atoms with van der Waals surface area (Å²) in [5, 5.41) is 1.01. The van der Waals surface area contributed by atoms with Crippen molar-refractivity contribution in [3.63, 3.8) is 0 Å². The number of aromatic nitrogens is 2. The van der Waals surface area contributed by atoms with Crippen LogP contribution in [-0.4, -0.2) is 54.1 Å². The average molecular weight is 423 g/mol. The number of piperazine rings is 1. The first kappa shape index (κ1) is 20.3. The summed E-state index contributed by atoms with van der Waals surface area (Å²) in [6, 6.07) is 9.73. The van der Waals surface area contributed by atoms with Crippen molar-refractivity contribution < 1.29 is 9.53 Å². The van der Waals surface area contributed by atoms with Crippen molar-refractivity contribution in [2.45, 2.75) is 20.8 Å². The largest absolute Gasteiger partial charge is 0.497 e. The number of nitrogens with zero attached hydrogens (tertiary/aromatic N) is 4. The number of benzene rings is 1. The minimum atomic E-state index is 0.0765. The van der Waals surface area contributed by atoms with Crippen LogP contribution in [0.1, 0.15) is 26.5 Å². The van der Waals surface area contributed by atoms with Crippen LogP contribution in [0.15, 0.2) is 36.5 Å². The SMILES string of the molecule is COc1ccc(C(=O)N2CCN(c3ccc(-c4nc(C)c(C)s4)cn3)CC2)c(C)c1. The third-order valence-electron chi connectivity index (χ3n) is 5.58. The molecule has 7 heteroatoms. The van der Waals surface area contributed by atoms with Crippen molar-refractivity contribution in [2.24, 2.45) is 0 Å². The van der Waals surface area contributed by atoms with Crippen molar-refractivity contribution in [3.8, 4) is 16.3 Å². The number of carbonyl (C=O) groups is 1. The van der Waals surface area contributed by atoms with Gasteiger partial charge in [0.15, 0.2) is 0 Å². The van der Waals surface area contributed by atoms with Crippen LogP contribution in [-0.2, 0) is 0 Å². The van der Waals surface area contributed by atoms with Crippen LogP contribution in [0.2, 0.25) is 0 Å². The van der Waals surface area contributed by atoms with Gasteiger partial charge in [-0.2, -0.15) is 0 Å². The maximum atomic E-state index is 12.9. The molecule has 0 unspecified atom stereocenters. The zero-order valence-corrected chi connectivity index (χ0v) is 18.6. The molecular formula is C23H26N4O2S. The second-order valence-corrected chi connectivity index (χ2v) is 8.73. The molecule has 1 fully saturated rings. The molecule has 3 aromatic rings. The number of ether oxygens (including phenoxy) is 1. The average Bonchev–Trinajstić information content (AvgIpc) is 3.11. The highest BCUT2D eigenvalue weighted by atomic mass is 32.1. The molecule has 1 saturated heterocycles. The number of carbonyl (C=O) groups excluding carboxylic acids is 1. The number of pyridine rings is 1. The van der Waals surface area contributed by atoms with Crippen LogP contribution < -0.4 is 9.64 Å². The minimum absolute atomic E-state index is 0.0765. The lowest BCUT2D eigenvalue weighted by Crippen LogP contribution is -2.49. The second kappa shape index (κ2) is 8.44. The molecule has 4 rings (SSSR count). The zero-order valence-electron chi connectivity index (χ0n) is 17.8. The summed E-state index contributed by atoms with van der Waals surface area (Å²) in [7, 11) is 1.63. The summed E-state index contributed by atoms with van der Waals surface area (Å²) >= 11 is 1.70. The van der Waals surface area contributed by atoms with Crippen LogP contribution in [0.5, 0.6) is 5.75 Å². The quantitative estimate of drug-likeness (QED) is 0.634. The number of thiazole rings is 1. The van der Waals surface area contributed by atoms with E-state index in [0.717, 1.165) is 52.0 Å². The first-order valence-corrected chi connectivity index (χ1v) is 10.9. The molecule has 1 aliphatic heterocycles. The fourth-order valence-electron chi connectivity index (χ4n) is 3.61. The van der Waals surface area contributed by atoms with Crippen molar-refractivity contribution in [3.05, 3.63) is 58.2 Å². The highest BCUT2D eigenvalue weighted by Crippen LogP contribution is 2.28. The molecule has 1 aliphatic rings. The number of hydrogen-bond donors (Lipinski definition) is 0. The molecule has 0 radical (unpaired) electrons. The number of hydrogen-bond acceptors (Lipinski definition) is 6. The van der Waals surface area contributed by atoms with Crippen LogP contribution in [0.25, 0.3) is 10.6 Å². The van der Waals surface area contributed by atoms with Gasteiger partial charge in [-0.3, -0.25) is 4.79 Å². The Bertz CT molecular complexity index is 1030. The first-order valence-electron chi connectivity index (χ1n) is 10.1. The van der Waals surface area contributed by atoms with Crippen molar-refractivity contribution in [1.29, 1.82) is 0 Å². The van der Waals surface area contributed by atoms with Gasteiger partial charge in [-0.05, 0) is 56.7 Å². The standard InChI is InChI=1S/C23H26N4O2S/c1-15-13-19(29-4)6-7-20(15)23(28)27-11-9-26(10-12-27)21-8-5-18(14-24-21)22-25-16(2)17(3)30-22/h5-8,13-14H,9-12H2,1-4H3. The van der Waals surface area contributed by atoms with E-state index in [4.69, 9.17) is 4.74 Å². The molecule has 6 nitrogen and oxygen atoms in total. The van der Waals surface area contributed by atoms with E-state index in [1.54, 1.807) is 18.4 Å². The minimum Gasteiger partial charge on any atom is -0.497 e. The summed E-state index contributed by atoms with van der Waals surface area (Å²) in [5.41, 5.74) is 3.79. The van der Waals surface area contributed by atoms with Gasteiger partial charge in [0.1, 0.15) is 16.6 Å². The van der Waals surface area contributed by atoms with Crippen molar-refractivity contribution in [1.82, 2.24) is 14.9 Å². The van der Waals surface area contributed by atoms with Gasteiger partial charge in [0.05, 0.1) is 12.8 Å². The predicted molar refractivity (Wildman–Crippen MR) is 121 cm³/mol. The Balaban J connectivity index is 1.40. The molecule has 156 valence electrons. The normalized spacial score (nSPS) is 14.1. The van der Waals surface area contributed by atoms with Crippen molar-refractivity contribution >= 4 is 23.1 Å². The van der Waals surface area contributed by atoms with Crippen LogP contribution in [0.4, 0.5) is 5.82 Å². The molecule has 0 atom stereocenters. The lowest BCUT2D eigenvalue weighted by Gasteiger charge is -2.35. The van der Waals surface area contributed by atoms with E-state index in [1.165, 1.54) is 4.88 Å². The Morgan fingerprint density at radius 3 is 2.40 bits per heavy atom. The molecular weight excluding hydrogens is 396 g/mol. The third kappa shape index (κ3) is 4.03. The van der Waals surface area contributed by atoms with Crippen molar-refractivity contribution in [2.75, 3.05) is 38.2 Å². The predicted octanol–water partition coefficient (Wildman–Crippen LogP) is 4.10. The Kier molecular flexibility index (Phi) is 5.72. The molecule has 0 saturated carbocycles. The smallest absolute Gasteiger partial charge is 0.254 e. The highest BCUT2D eigenvalue weighted by Gasteiger charge is 2.24. The van der Waals surface area contributed by atoms with Gasteiger partial charge in [0.2, 0.25) is 0 Å². The van der Waals surface area contributed by atoms with Gasteiger partial charge < -0.3 is 14.5 Å².